The Morgan fingerprint density at radius 2 is 1.94 bits per heavy atom. The Kier molecular flexibility index (Phi) is 4.55. The quantitative estimate of drug-likeness (QED) is 0.691. The van der Waals surface area contributed by atoms with Crippen molar-refractivity contribution in [2.45, 2.75) is 52.0 Å². The maximum Gasteiger partial charge on any atom is 0.224 e. The van der Waals surface area contributed by atoms with Gasteiger partial charge in [0.15, 0.2) is 0 Å². The topological polar surface area (TPSA) is 69.6 Å². The van der Waals surface area contributed by atoms with Gasteiger partial charge in [0.1, 0.15) is 0 Å². The van der Waals surface area contributed by atoms with E-state index in [-0.39, 0.29) is 30.5 Å². The molecule has 100 valence electrons. The third kappa shape index (κ3) is 3.42. The van der Waals surface area contributed by atoms with Crippen LogP contribution in [0.25, 0.3) is 0 Å². The van der Waals surface area contributed by atoms with Crippen LogP contribution in [-0.4, -0.2) is 34.9 Å². The molecule has 3 N–H and O–H groups in total. The first-order chi connectivity index (χ1) is 7.84. The van der Waals surface area contributed by atoms with Crippen molar-refractivity contribution >= 4 is 5.91 Å². The molecular weight excluding hydrogens is 218 g/mol. The molecule has 0 aromatic heterocycles. The Balaban J connectivity index is 2.69. The molecule has 0 heterocycles. The maximum atomic E-state index is 12.2. The Morgan fingerprint density at radius 3 is 2.41 bits per heavy atom. The second-order valence-electron chi connectivity index (χ2n) is 6.15. The first-order valence-electron chi connectivity index (χ1n) is 6.38. The van der Waals surface area contributed by atoms with Gasteiger partial charge in [0.25, 0.3) is 0 Å². The van der Waals surface area contributed by atoms with Gasteiger partial charge in [-0.3, -0.25) is 4.79 Å². The highest BCUT2D eigenvalue weighted by Crippen LogP contribution is 2.40. The number of carbonyl (C=O) groups excluding carboxylic acids is 1. The summed E-state index contributed by atoms with van der Waals surface area (Å²) in [5.74, 6) is -0.0611. The minimum absolute atomic E-state index is 0.00809. The molecule has 17 heavy (non-hydrogen) atoms. The molecule has 4 heteroatoms. The average molecular weight is 243 g/mol. The van der Waals surface area contributed by atoms with E-state index in [1.54, 1.807) is 6.92 Å². The number of rotatable bonds is 4. The van der Waals surface area contributed by atoms with Crippen molar-refractivity contribution in [1.29, 1.82) is 0 Å². The second-order valence-corrected chi connectivity index (χ2v) is 6.15. The Morgan fingerprint density at radius 1 is 1.35 bits per heavy atom. The van der Waals surface area contributed by atoms with Gasteiger partial charge in [0.05, 0.1) is 18.8 Å². The van der Waals surface area contributed by atoms with Crippen LogP contribution in [0, 0.1) is 11.3 Å². The lowest BCUT2D eigenvalue weighted by atomic mass is 9.68. The van der Waals surface area contributed by atoms with Gasteiger partial charge in [-0.25, -0.2) is 0 Å². The smallest absolute Gasteiger partial charge is 0.224 e. The van der Waals surface area contributed by atoms with E-state index in [4.69, 9.17) is 0 Å². The fraction of sp³-hybridized carbons (Fsp3) is 0.923. The Labute approximate surface area is 103 Å². The predicted molar refractivity (Wildman–Crippen MR) is 66.5 cm³/mol. The normalized spacial score (nSPS) is 24.4. The first kappa shape index (κ1) is 14.5. The van der Waals surface area contributed by atoms with Crippen LogP contribution in [0.3, 0.4) is 0 Å². The molecule has 0 bridgehead atoms. The van der Waals surface area contributed by atoms with Gasteiger partial charge in [-0.15, -0.1) is 0 Å². The molecule has 1 aliphatic rings. The zero-order chi connectivity index (χ0) is 13.1. The summed E-state index contributed by atoms with van der Waals surface area (Å²) >= 11 is 0. The highest BCUT2D eigenvalue weighted by atomic mass is 16.3. The van der Waals surface area contributed by atoms with Crippen LogP contribution in [0.1, 0.15) is 46.5 Å². The number of nitrogens with one attached hydrogen (secondary N) is 1. The van der Waals surface area contributed by atoms with Crippen LogP contribution < -0.4 is 5.32 Å². The highest BCUT2D eigenvalue weighted by molar-refractivity contribution is 5.80. The predicted octanol–water partition coefficient (Wildman–Crippen LogP) is 1.06. The number of carbonyl (C=O) groups is 1. The summed E-state index contributed by atoms with van der Waals surface area (Å²) in [6.45, 7) is 5.39. The van der Waals surface area contributed by atoms with Crippen LogP contribution >= 0.6 is 0 Å². The van der Waals surface area contributed by atoms with Gasteiger partial charge < -0.3 is 15.5 Å². The molecule has 1 fully saturated rings. The van der Waals surface area contributed by atoms with Crippen LogP contribution in [0.4, 0.5) is 0 Å². The van der Waals surface area contributed by atoms with E-state index in [1.165, 1.54) is 6.42 Å². The monoisotopic (exact) mass is 243 g/mol. The zero-order valence-corrected chi connectivity index (χ0v) is 11.1. The van der Waals surface area contributed by atoms with Gasteiger partial charge >= 0.3 is 0 Å². The highest BCUT2D eigenvalue weighted by Gasteiger charge is 2.39. The van der Waals surface area contributed by atoms with Crippen molar-refractivity contribution < 1.29 is 15.0 Å². The van der Waals surface area contributed by atoms with E-state index >= 15 is 0 Å². The molecule has 1 amide bonds. The fourth-order valence-electron chi connectivity index (χ4n) is 2.49. The van der Waals surface area contributed by atoms with Crippen molar-refractivity contribution in [3.63, 3.8) is 0 Å². The molecule has 1 saturated carbocycles. The summed E-state index contributed by atoms with van der Waals surface area (Å²) < 4.78 is 0. The van der Waals surface area contributed by atoms with Crippen molar-refractivity contribution in [2.75, 3.05) is 13.2 Å². The van der Waals surface area contributed by atoms with Crippen molar-refractivity contribution in [2.24, 2.45) is 11.3 Å². The molecule has 0 saturated heterocycles. The standard InChI is InChI=1S/C13H25NO3/c1-12(2)7-5-4-6-10(12)11(17)14-13(3,8-15)9-16/h10,15-16H,4-9H2,1-3H3,(H,14,17). The lowest BCUT2D eigenvalue weighted by Gasteiger charge is -2.39. The molecule has 0 spiro atoms. The largest absolute Gasteiger partial charge is 0.394 e. The summed E-state index contributed by atoms with van der Waals surface area (Å²) in [5, 5.41) is 21.2. The zero-order valence-electron chi connectivity index (χ0n) is 11.1. The molecule has 0 aromatic rings. The van der Waals surface area contributed by atoms with Gasteiger partial charge in [-0.05, 0) is 25.2 Å². The van der Waals surface area contributed by atoms with Gasteiger partial charge in [-0.1, -0.05) is 26.7 Å². The number of aliphatic hydroxyl groups excluding tert-OH is 2. The third-order valence-electron chi connectivity index (χ3n) is 3.95. The molecule has 1 aliphatic carbocycles. The Bertz CT molecular complexity index is 272. The summed E-state index contributed by atoms with van der Waals surface area (Å²) in [6, 6.07) is 0. The summed E-state index contributed by atoms with van der Waals surface area (Å²) in [6.07, 6.45) is 4.20. The number of aliphatic hydroxyl groups is 2. The van der Waals surface area contributed by atoms with E-state index in [2.05, 4.69) is 19.2 Å². The van der Waals surface area contributed by atoms with Gasteiger partial charge in [0.2, 0.25) is 5.91 Å². The Hall–Kier alpha value is -0.610. The second kappa shape index (κ2) is 5.36. The number of hydrogen-bond acceptors (Lipinski definition) is 3. The van der Waals surface area contributed by atoms with Crippen molar-refractivity contribution in [3.05, 3.63) is 0 Å². The minimum atomic E-state index is -0.912. The molecule has 1 atom stereocenters. The number of hydrogen-bond donors (Lipinski definition) is 3. The summed E-state index contributed by atoms with van der Waals surface area (Å²) in [7, 11) is 0. The van der Waals surface area contributed by atoms with E-state index in [1.807, 2.05) is 0 Å². The van der Waals surface area contributed by atoms with Crippen LogP contribution in [0.15, 0.2) is 0 Å². The molecular formula is C13H25NO3. The van der Waals surface area contributed by atoms with E-state index in [0.717, 1.165) is 19.3 Å². The third-order valence-corrected chi connectivity index (χ3v) is 3.95. The van der Waals surface area contributed by atoms with Gasteiger partial charge in [-0.2, -0.15) is 0 Å². The van der Waals surface area contributed by atoms with Crippen LogP contribution in [-0.2, 0) is 4.79 Å². The molecule has 1 unspecified atom stereocenters. The molecule has 1 rings (SSSR count). The first-order valence-corrected chi connectivity index (χ1v) is 6.38. The summed E-state index contributed by atoms with van der Waals surface area (Å²) in [5.41, 5.74) is -0.904. The SMILES string of the molecule is CC(CO)(CO)NC(=O)C1CCCCC1(C)C. The average Bonchev–Trinajstić information content (AvgIpc) is 2.28. The summed E-state index contributed by atoms with van der Waals surface area (Å²) in [4.78, 5) is 12.2. The molecule has 0 aromatic carbocycles. The van der Waals surface area contributed by atoms with Gasteiger partial charge in [0, 0.05) is 5.92 Å². The number of amides is 1. The maximum absolute atomic E-state index is 12.2. The van der Waals surface area contributed by atoms with E-state index in [9.17, 15) is 15.0 Å². The van der Waals surface area contributed by atoms with Crippen molar-refractivity contribution in [1.82, 2.24) is 5.32 Å². The van der Waals surface area contributed by atoms with Crippen molar-refractivity contribution in [3.8, 4) is 0 Å². The van der Waals surface area contributed by atoms with Crippen LogP contribution in [0.2, 0.25) is 0 Å². The fourth-order valence-corrected chi connectivity index (χ4v) is 2.49. The van der Waals surface area contributed by atoms with Crippen LogP contribution in [0.5, 0.6) is 0 Å². The molecule has 0 radical (unpaired) electrons. The lowest BCUT2D eigenvalue weighted by molar-refractivity contribution is -0.133. The van der Waals surface area contributed by atoms with E-state index in [0.29, 0.717) is 0 Å². The molecule has 0 aliphatic heterocycles. The van der Waals surface area contributed by atoms with E-state index < -0.39 is 5.54 Å². The minimum Gasteiger partial charge on any atom is -0.394 e. The lowest BCUT2D eigenvalue weighted by Crippen LogP contribution is -2.55. The molecule has 4 nitrogen and oxygen atoms in total.